The fourth-order valence-corrected chi connectivity index (χ4v) is 1.05. The van der Waals surface area contributed by atoms with Crippen molar-refractivity contribution in [3.63, 3.8) is 0 Å². The Bertz CT molecular complexity index is 316. The van der Waals surface area contributed by atoms with Gasteiger partial charge in [0, 0.05) is 12.7 Å². The lowest BCUT2D eigenvalue weighted by Gasteiger charge is -2.04. The summed E-state index contributed by atoms with van der Waals surface area (Å²) in [4.78, 5) is 11.2. The van der Waals surface area contributed by atoms with Crippen LogP contribution < -0.4 is 11.0 Å². The molecule has 0 aliphatic carbocycles. The predicted molar refractivity (Wildman–Crippen MR) is 46.5 cm³/mol. The van der Waals surface area contributed by atoms with E-state index in [9.17, 15) is 4.79 Å². The SMILES string of the molecule is [B]c1cc(C)cn(CC)c1=O. The smallest absolute Gasteiger partial charge is 0.243 e. The molecule has 2 radical (unpaired) electrons. The minimum Gasteiger partial charge on any atom is -0.316 e. The first-order chi connectivity index (χ1) is 5.15. The summed E-state index contributed by atoms with van der Waals surface area (Å²) in [7, 11) is 5.46. The zero-order valence-electron chi connectivity index (χ0n) is 6.79. The Kier molecular flexibility index (Phi) is 2.18. The average molecular weight is 147 g/mol. The van der Waals surface area contributed by atoms with E-state index < -0.39 is 0 Å². The highest BCUT2D eigenvalue weighted by atomic mass is 16.1. The molecule has 1 heterocycles. The molecule has 0 fully saturated rings. The molecule has 0 N–H and O–H groups in total. The van der Waals surface area contributed by atoms with Crippen molar-refractivity contribution in [1.29, 1.82) is 0 Å². The van der Waals surface area contributed by atoms with Gasteiger partial charge in [0.25, 0.3) is 0 Å². The normalized spacial score (nSPS) is 10.0. The van der Waals surface area contributed by atoms with E-state index in [1.165, 1.54) is 0 Å². The second-order valence-electron chi connectivity index (χ2n) is 2.56. The van der Waals surface area contributed by atoms with Crippen LogP contribution in [-0.2, 0) is 6.54 Å². The highest BCUT2D eigenvalue weighted by Crippen LogP contribution is 1.88. The van der Waals surface area contributed by atoms with Gasteiger partial charge in [-0.05, 0) is 24.9 Å². The molecule has 0 saturated carbocycles. The van der Waals surface area contributed by atoms with Gasteiger partial charge in [0.2, 0.25) is 5.56 Å². The molecule has 0 aliphatic rings. The summed E-state index contributed by atoms with van der Waals surface area (Å²) in [5.41, 5.74) is 1.24. The average Bonchev–Trinajstić information content (AvgIpc) is 1.96. The highest BCUT2D eigenvalue weighted by molar-refractivity contribution is 6.32. The van der Waals surface area contributed by atoms with E-state index in [4.69, 9.17) is 7.85 Å². The number of aryl methyl sites for hydroxylation is 2. The van der Waals surface area contributed by atoms with Crippen LogP contribution >= 0.6 is 0 Å². The second kappa shape index (κ2) is 2.95. The highest BCUT2D eigenvalue weighted by Gasteiger charge is 1.96. The molecule has 1 aromatic heterocycles. The second-order valence-corrected chi connectivity index (χ2v) is 2.56. The molecule has 1 rings (SSSR count). The molecule has 0 aliphatic heterocycles. The Morgan fingerprint density at radius 2 is 2.27 bits per heavy atom. The third kappa shape index (κ3) is 1.53. The zero-order chi connectivity index (χ0) is 8.43. The molecule has 0 spiro atoms. The predicted octanol–water partition coefficient (Wildman–Crippen LogP) is -0.0296. The van der Waals surface area contributed by atoms with E-state index >= 15 is 0 Å². The van der Waals surface area contributed by atoms with Crippen LogP contribution in [0.15, 0.2) is 17.1 Å². The summed E-state index contributed by atoms with van der Waals surface area (Å²) < 4.78 is 1.60. The number of pyridine rings is 1. The van der Waals surface area contributed by atoms with E-state index in [1.54, 1.807) is 16.8 Å². The van der Waals surface area contributed by atoms with E-state index in [0.29, 0.717) is 12.0 Å². The Balaban J connectivity index is 3.37. The van der Waals surface area contributed by atoms with Crippen LogP contribution in [-0.4, -0.2) is 12.4 Å². The molecule has 0 saturated heterocycles. The van der Waals surface area contributed by atoms with E-state index in [-0.39, 0.29) is 5.56 Å². The molecule has 0 unspecified atom stereocenters. The van der Waals surface area contributed by atoms with Gasteiger partial charge in [-0.2, -0.15) is 0 Å². The van der Waals surface area contributed by atoms with Gasteiger partial charge in [0.05, 0.1) is 0 Å². The summed E-state index contributed by atoms with van der Waals surface area (Å²) in [6.07, 6.45) is 1.80. The molecular weight excluding hydrogens is 137 g/mol. The minimum absolute atomic E-state index is 0.0990. The molecule has 0 bridgehead atoms. The Labute approximate surface area is 67.3 Å². The Morgan fingerprint density at radius 1 is 1.64 bits per heavy atom. The molecule has 2 nitrogen and oxygen atoms in total. The lowest BCUT2D eigenvalue weighted by Crippen LogP contribution is -2.34. The van der Waals surface area contributed by atoms with Crippen LogP contribution in [0, 0.1) is 6.92 Å². The lowest BCUT2D eigenvalue weighted by molar-refractivity contribution is 0.727. The lowest BCUT2D eigenvalue weighted by atomic mass is 9.97. The fraction of sp³-hybridized carbons (Fsp3) is 0.375. The van der Waals surface area contributed by atoms with Crippen molar-refractivity contribution in [3.05, 3.63) is 28.2 Å². The summed E-state index contributed by atoms with van der Waals surface area (Å²) >= 11 is 0. The van der Waals surface area contributed by atoms with Crippen molar-refractivity contribution in [2.75, 3.05) is 0 Å². The van der Waals surface area contributed by atoms with Crippen molar-refractivity contribution in [3.8, 4) is 0 Å². The van der Waals surface area contributed by atoms with Crippen molar-refractivity contribution in [2.24, 2.45) is 0 Å². The molecule has 11 heavy (non-hydrogen) atoms. The zero-order valence-corrected chi connectivity index (χ0v) is 6.79. The molecule has 1 aromatic rings. The van der Waals surface area contributed by atoms with Crippen molar-refractivity contribution < 1.29 is 0 Å². The van der Waals surface area contributed by atoms with E-state index in [1.807, 2.05) is 13.8 Å². The molecule has 56 valence electrons. The Hall–Kier alpha value is -0.985. The number of aromatic nitrogens is 1. The largest absolute Gasteiger partial charge is 0.316 e. The topological polar surface area (TPSA) is 22.0 Å². The van der Waals surface area contributed by atoms with Crippen molar-refractivity contribution in [2.45, 2.75) is 20.4 Å². The maximum atomic E-state index is 11.2. The summed E-state index contributed by atoms with van der Waals surface area (Å²) in [5.74, 6) is 0. The summed E-state index contributed by atoms with van der Waals surface area (Å²) in [5, 5.41) is 0. The van der Waals surface area contributed by atoms with E-state index in [0.717, 1.165) is 5.56 Å². The van der Waals surface area contributed by atoms with Gasteiger partial charge in [-0.15, -0.1) is 0 Å². The summed E-state index contributed by atoms with van der Waals surface area (Å²) in [6.45, 7) is 4.51. The van der Waals surface area contributed by atoms with E-state index in [2.05, 4.69) is 0 Å². The minimum atomic E-state index is -0.0990. The monoisotopic (exact) mass is 147 g/mol. The third-order valence-corrected chi connectivity index (χ3v) is 1.59. The van der Waals surface area contributed by atoms with Crippen molar-refractivity contribution >= 4 is 13.3 Å². The number of rotatable bonds is 1. The third-order valence-electron chi connectivity index (χ3n) is 1.59. The maximum absolute atomic E-state index is 11.2. The molecule has 0 atom stereocenters. The van der Waals surface area contributed by atoms with Crippen LogP contribution in [0.5, 0.6) is 0 Å². The van der Waals surface area contributed by atoms with Gasteiger partial charge in [-0.1, -0.05) is 6.07 Å². The van der Waals surface area contributed by atoms with Gasteiger partial charge in [0.15, 0.2) is 0 Å². The van der Waals surface area contributed by atoms with Crippen LogP contribution in [0.3, 0.4) is 0 Å². The molecule has 0 aromatic carbocycles. The fourth-order valence-electron chi connectivity index (χ4n) is 1.05. The van der Waals surface area contributed by atoms with Gasteiger partial charge < -0.3 is 4.57 Å². The molecule has 0 amide bonds. The van der Waals surface area contributed by atoms with Gasteiger partial charge in [0.1, 0.15) is 7.85 Å². The first-order valence-corrected chi connectivity index (χ1v) is 3.61. The maximum Gasteiger partial charge on any atom is 0.243 e. The summed E-state index contributed by atoms with van der Waals surface area (Å²) in [6, 6.07) is 1.69. The molecule has 3 heteroatoms. The van der Waals surface area contributed by atoms with Gasteiger partial charge >= 0.3 is 0 Å². The number of nitrogens with zero attached hydrogens (tertiary/aromatic N) is 1. The van der Waals surface area contributed by atoms with Gasteiger partial charge in [-0.3, -0.25) is 4.79 Å². The van der Waals surface area contributed by atoms with Crippen LogP contribution in [0.4, 0.5) is 0 Å². The van der Waals surface area contributed by atoms with Crippen LogP contribution in [0.25, 0.3) is 0 Å². The quantitative estimate of drug-likeness (QED) is 0.511. The van der Waals surface area contributed by atoms with Crippen LogP contribution in [0.2, 0.25) is 0 Å². The first-order valence-electron chi connectivity index (χ1n) is 3.61. The van der Waals surface area contributed by atoms with Crippen LogP contribution in [0.1, 0.15) is 12.5 Å². The first kappa shape index (κ1) is 8.11. The van der Waals surface area contributed by atoms with Crippen molar-refractivity contribution in [1.82, 2.24) is 4.57 Å². The standard InChI is InChI=1S/C8H10BNO/c1-3-10-5-6(2)4-7(9)8(10)11/h4-5H,3H2,1-2H3. The van der Waals surface area contributed by atoms with Gasteiger partial charge in [-0.25, -0.2) is 0 Å². The number of hydrogen-bond donors (Lipinski definition) is 0. The molecular formula is C8H10BNO. The Morgan fingerprint density at radius 3 is 2.82 bits per heavy atom. The number of hydrogen-bond acceptors (Lipinski definition) is 1.